The Morgan fingerprint density at radius 1 is 1.36 bits per heavy atom. The molecule has 1 saturated heterocycles. The van der Waals surface area contributed by atoms with E-state index in [1.165, 1.54) is 25.7 Å². The Hall–Kier alpha value is -1.59. The van der Waals surface area contributed by atoms with Gasteiger partial charge in [-0.3, -0.25) is 4.99 Å². The molecule has 0 bridgehead atoms. The van der Waals surface area contributed by atoms with E-state index < -0.39 is 0 Å². The van der Waals surface area contributed by atoms with Crippen LogP contribution in [0.25, 0.3) is 0 Å². The van der Waals surface area contributed by atoms with Crippen LogP contribution in [0.5, 0.6) is 0 Å². The number of guanidine groups is 1. The van der Waals surface area contributed by atoms with Gasteiger partial charge in [0.25, 0.3) is 0 Å². The van der Waals surface area contributed by atoms with Crippen LogP contribution >= 0.6 is 0 Å². The van der Waals surface area contributed by atoms with Gasteiger partial charge >= 0.3 is 0 Å². The first-order valence-corrected chi connectivity index (χ1v) is 8.21. The number of hydrogen-bond donors (Lipinski definition) is 1. The number of nitrogens with zero attached hydrogens (tertiary/aromatic N) is 4. The maximum atomic E-state index is 5.33. The molecule has 2 aliphatic rings. The molecule has 0 radical (unpaired) electrons. The molecule has 1 aromatic rings. The Morgan fingerprint density at radius 3 is 2.64 bits per heavy atom. The lowest BCUT2D eigenvalue weighted by molar-refractivity contribution is 0.151. The summed E-state index contributed by atoms with van der Waals surface area (Å²) < 4.78 is 5.33. The van der Waals surface area contributed by atoms with Crippen molar-refractivity contribution in [3.05, 3.63) is 11.7 Å². The number of aromatic nitrogens is 2. The normalized spacial score (nSPS) is 21.3. The van der Waals surface area contributed by atoms with Crippen molar-refractivity contribution >= 4 is 5.96 Å². The van der Waals surface area contributed by atoms with Crippen LogP contribution in [0.1, 0.15) is 58.2 Å². The quantitative estimate of drug-likeness (QED) is 0.671. The summed E-state index contributed by atoms with van der Waals surface area (Å²) in [7, 11) is 1.84. The minimum atomic E-state index is -0.113. The molecule has 22 heavy (non-hydrogen) atoms. The predicted molar refractivity (Wildman–Crippen MR) is 85.7 cm³/mol. The van der Waals surface area contributed by atoms with Crippen LogP contribution in [0.15, 0.2) is 9.52 Å². The molecule has 1 spiro atoms. The van der Waals surface area contributed by atoms with Crippen molar-refractivity contribution in [2.24, 2.45) is 10.4 Å². The highest BCUT2D eigenvalue weighted by Crippen LogP contribution is 2.47. The van der Waals surface area contributed by atoms with E-state index in [4.69, 9.17) is 4.52 Å². The second kappa shape index (κ2) is 5.56. The maximum Gasteiger partial charge on any atom is 0.232 e. The van der Waals surface area contributed by atoms with Crippen molar-refractivity contribution in [1.82, 2.24) is 20.4 Å². The third-order valence-electron chi connectivity index (χ3n) is 4.88. The minimum absolute atomic E-state index is 0.113. The van der Waals surface area contributed by atoms with Crippen molar-refractivity contribution in [2.75, 3.05) is 20.1 Å². The average Bonchev–Trinajstić information content (AvgIpc) is 3.04. The summed E-state index contributed by atoms with van der Waals surface area (Å²) in [5, 5.41) is 7.42. The zero-order valence-corrected chi connectivity index (χ0v) is 14.1. The molecule has 0 atom stereocenters. The highest BCUT2D eigenvalue weighted by molar-refractivity contribution is 5.80. The van der Waals surface area contributed by atoms with Gasteiger partial charge in [0.05, 0.1) is 6.54 Å². The number of hydrogen-bond acceptors (Lipinski definition) is 4. The lowest BCUT2D eigenvalue weighted by atomic mass is 9.68. The van der Waals surface area contributed by atoms with Gasteiger partial charge in [-0.05, 0) is 24.7 Å². The molecule has 3 rings (SSSR count). The Labute approximate surface area is 132 Å². The minimum Gasteiger partial charge on any atom is -0.349 e. The van der Waals surface area contributed by atoms with Gasteiger partial charge in [0.15, 0.2) is 11.8 Å². The lowest BCUT2D eigenvalue weighted by Gasteiger charge is -2.38. The molecule has 1 aromatic heterocycles. The van der Waals surface area contributed by atoms with Crippen LogP contribution in [0, 0.1) is 5.41 Å². The molecular formula is C16H27N5O. The van der Waals surface area contributed by atoms with Crippen LogP contribution < -0.4 is 5.32 Å². The highest BCUT2D eigenvalue weighted by Gasteiger charge is 2.43. The molecule has 1 aliphatic heterocycles. The monoisotopic (exact) mass is 305 g/mol. The Balaban J connectivity index is 1.57. The van der Waals surface area contributed by atoms with E-state index in [0.717, 1.165) is 19.0 Å². The van der Waals surface area contributed by atoms with E-state index in [1.807, 2.05) is 7.05 Å². The Bertz CT molecular complexity index is 553. The van der Waals surface area contributed by atoms with Crippen molar-refractivity contribution in [2.45, 2.75) is 58.4 Å². The summed E-state index contributed by atoms with van der Waals surface area (Å²) in [5.41, 5.74) is 0.460. The largest absolute Gasteiger partial charge is 0.349 e. The number of aliphatic imine (C=N–C) groups is 1. The van der Waals surface area contributed by atoms with Crippen LogP contribution in [-0.4, -0.2) is 41.1 Å². The first kappa shape index (κ1) is 15.3. The van der Waals surface area contributed by atoms with E-state index in [0.29, 0.717) is 23.7 Å². The van der Waals surface area contributed by atoms with Crippen LogP contribution in [0.3, 0.4) is 0 Å². The van der Waals surface area contributed by atoms with Crippen molar-refractivity contribution in [3.63, 3.8) is 0 Å². The third kappa shape index (κ3) is 2.96. The van der Waals surface area contributed by atoms with Crippen LogP contribution in [0.4, 0.5) is 0 Å². The van der Waals surface area contributed by atoms with Crippen molar-refractivity contribution in [1.29, 1.82) is 0 Å². The fourth-order valence-corrected chi connectivity index (χ4v) is 3.32. The summed E-state index contributed by atoms with van der Waals surface area (Å²) in [6.07, 6.45) is 5.43. The molecule has 6 nitrogen and oxygen atoms in total. The van der Waals surface area contributed by atoms with Gasteiger partial charge in [-0.1, -0.05) is 32.3 Å². The van der Waals surface area contributed by atoms with Gasteiger partial charge in [-0.15, -0.1) is 0 Å². The van der Waals surface area contributed by atoms with E-state index >= 15 is 0 Å². The zero-order chi connectivity index (χ0) is 15.8. The average molecular weight is 305 g/mol. The van der Waals surface area contributed by atoms with E-state index in [9.17, 15) is 0 Å². The first-order chi connectivity index (χ1) is 10.4. The lowest BCUT2D eigenvalue weighted by Crippen LogP contribution is -2.42. The molecule has 1 N–H and O–H groups in total. The molecular weight excluding hydrogens is 278 g/mol. The third-order valence-corrected chi connectivity index (χ3v) is 4.88. The van der Waals surface area contributed by atoms with E-state index in [2.05, 4.69) is 46.1 Å². The van der Waals surface area contributed by atoms with Gasteiger partial charge in [0, 0.05) is 25.6 Å². The number of nitrogens with one attached hydrogen (secondary N) is 1. The van der Waals surface area contributed by atoms with Gasteiger partial charge in [0.2, 0.25) is 5.89 Å². The molecule has 122 valence electrons. The molecule has 1 saturated carbocycles. The van der Waals surface area contributed by atoms with Gasteiger partial charge in [0.1, 0.15) is 0 Å². The van der Waals surface area contributed by atoms with Crippen molar-refractivity contribution < 1.29 is 4.52 Å². The second-order valence-corrected chi connectivity index (χ2v) is 7.69. The molecule has 2 fully saturated rings. The van der Waals surface area contributed by atoms with Crippen molar-refractivity contribution in [3.8, 4) is 0 Å². The summed E-state index contributed by atoms with van der Waals surface area (Å²) in [6, 6.07) is 0. The number of rotatable bonds is 2. The smallest absolute Gasteiger partial charge is 0.232 e. The maximum absolute atomic E-state index is 5.33. The Morgan fingerprint density at radius 2 is 2.14 bits per heavy atom. The van der Waals surface area contributed by atoms with E-state index in [1.54, 1.807) is 0 Å². The summed E-state index contributed by atoms with van der Waals surface area (Å²) in [4.78, 5) is 11.2. The van der Waals surface area contributed by atoms with Crippen LogP contribution in [-0.2, 0) is 12.0 Å². The standard InChI is InChI=1S/C16H27N5O/c1-15(2,3)13-19-12(20-22-13)10-18-14(17-4)21-9-8-16(11-21)6-5-7-16/h5-11H2,1-4H3,(H,17,18). The molecule has 0 aromatic carbocycles. The summed E-state index contributed by atoms with van der Waals surface area (Å²) in [5.74, 6) is 2.31. The molecule has 0 unspecified atom stereocenters. The van der Waals surface area contributed by atoms with E-state index in [-0.39, 0.29) is 5.41 Å². The fraction of sp³-hybridized carbons (Fsp3) is 0.812. The Kier molecular flexibility index (Phi) is 3.87. The predicted octanol–water partition coefficient (Wildman–Crippen LogP) is 2.32. The SMILES string of the molecule is CN=C(NCc1noc(C(C)(C)C)n1)N1CCC2(CCC2)C1. The molecule has 0 amide bonds. The van der Waals surface area contributed by atoms with Crippen LogP contribution in [0.2, 0.25) is 0 Å². The number of likely N-dealkylation sites (tertiary alicyclic amines) is 1. The molecule has 1 aliphatic carbocycles. The van der Waals surface area contributed by atoms with Gasteiger partial charge < -0.3 is 14.7 Å². The zero-order valence-electron chi connectivity index (χ0n) is 14.1. The van der Waals surface area contributed by atoms with Gasteiger partial charge in [-0.25, -0.2) is 0 Å². The molecule has 2 heterocycles. The summed E-state index contributed by atoms with van der Waals surface area (Å²) >= 11 is 0. The topological polar surface area (TPSA) is 66.5 Å². The first-order valence-electron chi connectivity index (χ1n) is 8.21. The second-order valence-electron chi connectivity index (χ2n) is 7.69. The summed E-state index contributed by atoms with van der Waals surface area (Å²) in [6.45, 7) is 8.98. The molecule has 6 heteroatoms. The highest BCUT2D eigenvalue weighted by atomic mass is 16.5. The fourth-order valence-electron chi connectivity index (χ4n) is 3.32. The van der Waals surface area contributed by atoms with Gasteiger partial charge in [-0.2, -0.15) is 4.98 Å².